The summed E-state index contributed by atoms with van der Waals surface area (Å²) in [6.45, 7) is 0. The van der Waals surface area contributed by atoms with Crippen molar-refractivity contribution in [2.24, 2.45) is 16.7 Å². The second-order valence-corrected chi connectivity index (χ2v) is 3.14. The number of fused-ring (bicyclic) bond motifs is 1. The minimum atomic E-state index is -0.147. The zero-order chi connectivity index (χ0) is 11.7. The van der Waals surface area contributed by atoms with E-state index in [0.717, 1.165) is 0 Å². The lowest BCUT2D eigenvalue weighted by Crippen LogP contribution is -2.40. The first kappa shape index (κ1) is 9.97. The summed E-state index contributed by atoms with van der Waals surface area (Å²) in [5.74, 6) is 4.87. The van der Waals surface area contributed by atoms with Gasteiger partial charge in [-0.05, 0) is 6.07 Å². The lowest BCUT2D eigenvalue weighted by molar-refractivity contribution is -0.578. The van der Waals surface area contributed by atoms with Crippen LogP contribution in [0.3, 0.4) is 0 Å². The van der Waals surface area contributed by atoms with E-state index < -0.39 is 0 Å². The van der Waals surface area contributed by atoms with Gasteiger partial charge in [-0.25, -0.2) is 4.98 Å². The highest BCUT2D eigenvalue weighted by Crippen LogP contribution is 2.11. The minimum absolute atomic E-state index is 0.000370. The molecule has 82 valence electrons. The molecule has 0 spiro atoms. The van der Waals surface area contributed by atoms with Crippen molar-refractivity contribution in [1.29, 1.82) is 0 Å². The summed E-state index contributed by atoms with van der Waals surface area (Å²) in [5, 5.41) is 15.2. The van der Waals surface area contributed by atoms with Gasteiger partial charge >= 0.3 is 5.69 Å². The van der Waals surface area contributed by atoms with Crippen LogP contribution in [0.5, 0.6) is 0 Å². The Morgan fingerprint density at radius 1 is 1.38 bits per heavy atom. The van der Waals surface area contributed by atoms with Gasteiger partial charge in [-0.1, -0.05) is 12.1 Å². The molecule has 1 aromatic carbocycles. The number of para-hydroxylation sites is 2. The van der Waals surface area contributed by atoms with Gasteiger partial charge in [0.1, 0.15) is 5.52 Å². The van der Waals surface area contributed by atoms with E-state index in [-0.39, 0.29) is 17.3 Å². The summed E-state index contributed by atoms with van der Waals surface area (Å²) in [4.78, 5) is 4.05. The van der Waals surface area contributed by atoms with E-state index in [1.807, 2.05) is 0 Å². The van der Waals surface area contributed by atoms with E-state index in [9.17, 15) is 5.21 Å². The standard InChI is InChI=1S/C9H10N6O/c10-8-7(9(11)14-12)15(16)6-4-2-1-3-5(6)13-8/h1-4H,12H2,(H2,10,13)(H2,11,14). The van der Waals surface area contributed by atoms with Crippen molar-refractivity contribution in [3.8, 4) is 0 Å². The van der Waals surface area contributed by atoms with Crippen molar-refractivity contribution in [3.63, 3.8) is 0 Å². The molecular formula is C9H10N6O. The monoisotopic (exact) mass is 218 g/mol. The maximum atomic E-state index is 11.9. The second-order valence-electron chi connectivity index (χ2n) is 3.14. The highest BCUT2D eigenvalue weighted by Gasteiger charge is 2.20. The molecule has 0 amide bonds. The van der Waals surface area contributed by atoms with E-state index in [1.54, 1.807) is 24.3 Å². The van der Waals surface area contributed by atoms with Crippen LogP contribution in [-0.2, 0) is 0 Å². The Morgan fingerprint density at radius 3 is 2.75 bits per heavy atom. The molecule has 0 saturated heterocycles. The molecule has 0 aliphatic rings. The number of nitrogens with zero attached hydrogens (tertiary/aromatic N) is 3. The number of rotatable bonds is 1. The lowest BCUT2D eigenvalue weighted by atomic mass is 10.2. The summed E-state index contributed by atoms with van der Waals surface area (Å²) in [5.41, 5.74) is 11.9. The van der Waals surface area contributed by atoms with E-state index in [1.165, 1.54) is 0 Å². The molecule has 2 aromatic rings. The Bertz CT molecular complexity index is 579. The van der Waals surface area contributed by atoms with E-state index in [2.05, 4.69) is 10.1 Å². The molecule has 16 heavy (non-hydrogen) atoms. The second kappa shape index (κ2) is 3.54. The quantitative estimate of drug-likeness (QED) is 0.141. The molecule has 0 bridgehead atoms. The molecule has 0 saturated carbocycles. The molecular weight excluding hydrogens is 208 g/mol. The predicted octanol–water partition coefficient (Wildman–Crippen LogP) is -0.971. The van der Waals surface area contributed by atoms with Crippen molar-refractivity contribution in [2.45, 2.75) is 0 Å². The largest absolute Gasteiger partial charge is 0.618 e. The summed E-state index contributed by atoms with van der Waals surface area (Å²) in [6, 6.07) is 6.77. The molecule has 0 radical (unpaired) electrons. The Labute approximate surface area is 90.8 Å². The van der Waals surface area contributed by atoms with Gasteiger partial charge in [0.2, 0.25) is 17.2 Å². The number of anilines is 1. The summed E-state index contributed by atoms with van der Waals surface area (Å²) in [6.07, 6.45) is 0. The van der Waals surface area contributed by atoms with E-state index >= 15 is 0 Å². The lowest BCUT2D eigenvalue weighted by Gasteiger charge is -2.07. The normalized spacial score (nSPS) is 11.9. The number of nitrogens with two attached hydrogens (primary N) is 3. The Morgan fingerprint density at radius 2 is 2.06 bits per heavy atom. The summed E-state index contributed by atoms with van der Waals surface area (Å²) >= 11 is 0. The minimum Gasteiger partial charge on any atom is -0.618 e. The van der Waals surface area contributed by atoms with Crippen molar-refractivity contribution in [1.82, 2.24) is 4.98 Å². The van der Waals surface area contributed by atoms with E-state index in [0.29, 0.717) is 15.8 Å². The Kier molecular flexibility index (Phi) is 2.20. The molecule has 0 unspecified atom stereocenters. The average molecular weight is 218 g/mol. The van der Waals surface area contributed by atoms with Gasteiger partial charge in [-0.3, -0.25) is 0 Å². The third kappa shape index (κ3) is 1.34. The van der Waals surface area contributed by atoms with Crippen LogP contribution < -0.4 is 22.0 Å². The fraction of sp³-hybridized carbons (Fsp3) is 0. The van der Waals surface area contributed by atoms with Crippen LogP contribution in [0.4, 0.5) is 5.82 Å². The molecule has 7 nitrogen and oxygen atoms in total. The highest BCUT2D eigenvalue weighted by molar-refractivity contribution is 5.98. The molecule has 0 atom stereocenters. The van der Waals surface area contributed by atoms with Crippen LogP contribution in [0.25, 0.3) is 11.0 Å². The fourth-order valence-electron chi connectivity index (χ4n) is 1.43. The SMILES string of the molecule is N/N=C(\N)c1c(N)nc2ccccc2[n+]1[O-]. The maximum absolute atomic E-state index is 11.9. The molecule has 0 aliphatic carbocycles. The average Bonchev–Trinajstić information content (AvgIpc) is 2.28. The van der Waals surface area contributed by atoms with Crippen molar-refractivity contribution >= 4 is 22.7 Å². The molecule has 1 heterocycles. The van der Waals surface area contributed by atoms with Crippen LogP contribution in [0.15, 0.2) is 29.4 Å². The summed E-state index contributed by atoms with van der Waals surface area (Å²) in [7, 11) is 0. The zero-order valence-electron chi connectivity index (χ0n) is 8.29. The van der Waals surface area contributed by atoms with Crippen LogP contribution in [0.1, 0.15) is 5.69 Å². The highest BCUT2D eigenvalue weighted by atomic mass is 16.5. The number of amidine groups is 1. The van der Waals surface area contributed by atoms with Gasteiger partial charge in [-0.15, -0.1) is 0 Å². The van der Waals surface area contributed by atoms with Gasteiger partial charge in [0.15, 0.2) is 0 Å². The molecule has 2 rings (SSSR count). The third-order valence-corrected chi connectivity index (χ3v) is 2.17. The van der Waals surface area contributed by atoms with Crippen LogP contribution in [0.2, 0.25) is 0 Å². The van der Waals surface area contributed by atoms with E-state index in [4.69, 9.17) is 17.3 Å². The van der Waals surface area contributed by atoms with Gasteiger partial charge in [0.05, 0.1) is 0 Å². The number of benzene rings is 1. The fourth-order valence-corrected chi connectivity index (χ4v) is 1.43. The first-order chi connectivity index (χ1) is 7.65. The number of aromatic nitrogens is 2. The first-order valence-corrected chi connectivity index (χ1v) is 4.46. The van der Waals surface area contributed by atoms with Crippen LogP contribution in [0, 0.1) is 5.21 Å². The smallest absolute Gasteiger partial charge is 0.303 e. The molecule has 6 N–H and O–H groups in total. The van der Waals surface area contributed by atoms with Crippen molar-refractivity contribution < 1.29 is 4.73 Å². The van der Waals surface area contributed by atoms with Gasteiger partial charge < -0.3 is 22.5 Å². The van der Waals surface area contributed by atoms with Crippen molar-refractivity contribution in [2.75, 3.05) is 5.73 Å². The van der Waals surface area contributed by atoms with Crippen molar-refractivity contribution in [3.05, 3.63) is 35.2 Å². The topological polar surface area (TPSA) is 130 Å². The van der Waals surface area contributed by atoms with Gasteiger partial charge in [-0.2, -0.15) is 9.83 Å². The predicted molar refractivity (Wildman–Crippen MR) is 60.0 cm³/mol. The van der Waals surface area contributed by atoms with Crippen LogP contribution in [-0.4, -0.2) is 10.8 Å². The number of hydrogen-bond donors (Lipinski definition) is 3. The van der Waals surface area contributed by atoms with Gasteiger partial charge in [0.25, 0.3) is 0 Å². The Balaban J connectivity index is 2.86. The summed E-state index contributed by atoms with van der Waals surface area (Å²) < 4.78 is 0.573. The maximum Gasteiger partial charge on any atom is 0.303 e. The molecule has 7 heteroatoms. The zero-order valence-corrected chi connectivity index (χ0v) is 8.29. The molecule has 0 fully saturated rings. The third-order valence-electron chi connectivity index (χ3n) is 2.17. The molecule has 0 aliphatic heterocycles. The number of nitrogen functional groups attached to an aromatic ring is 1. The molecule has 1 aromatic heterocycles. The number of hydrazone groups is 1. The number of hydrogen-bond acceptors (Lipinski definition) is 5. The first-order valence-electron chi connectivity index (χ1n) is 4.46. The van der Waals surface area contributed by atoms with Crippen LogP contribution >= 0.6 is 0 Å². The Hall–Kier alpha value is -2.57. The van der Waals surface area contributed by atoms with Gasteiger partial charge in [0, 0.05) is 6.07 Å².